The minimum absolute atomic E-state index is 0.0508. The number of nitrogens with zero attached hydrogens (tertiary/aromatic N) is 5. The van der Waals surface area contributed by atoms with E-state index in [2.05, 4.69) is 4.98 Å². The van der Waals surface area contributed by atoms with Crippen molar-refractivity contribution in [3.05, 3.63) is 24.7 Å². The number of hydrogen-bond acceptors (Lipinski definition) is 4. The lowest BCUT2D eigenvalue weighted by Crippen LogP contribution is -2.37. The Bertz CT molecular complexity index is 761. The summed E-state index contributed by atoms with van der Waals surface area (Å²) in [6.45, 7) is 0.0508. The van der Waals surface area contributed by atoms with Gasteiger partial charge in [0.1, 0.15) is 6.54 Å². The van der Waals surface area contributed by atoms with Crippen LogP contribution in [0.1, 0.15) is 0 Å². The van der Waals surface area contributed by atoms with E-state index < -0.39 is 11.2 Å². The normalized spacial score (nSPS) is 10.7. The van der Waals surface area contributed by atoms with Gasteiger partial charge in [0.2, 0.25) is 0 Å². The molecule has 8 heteroatoms. The molecule has 2 rings (SSSR count). The van der Waals surface area contributed by atoms with Gasteiger partial charge in [0.15, 0.2) is 15.0 Å². The minimum atomic E-state index is -0.447. The van der Waals surface area contributed by atoms with Gasteiger partial charge in [-0.3, -0.25) is 18.5 Å². The van der Waals surface area contributed by atoms with Gasteiger partial charge in [0.05, 0.1) is 6.07 Å². The smallest absolute Gasteiger partial charge is 0.291 e. The fourth-order valence-corrected chi connectivity index (χ4v) is 2.31. The predicted molar refractivity (Wildman–Crippen MR) is 68.5 cm³/mol. The molecule has 0 aromatic carbocycles. The average Bonchev–Trinajstić information content (AvgIpc) is 2.62. The van der Waals surface area contributed by atoms with Crippen LogP contribution in [0.3, 0.4) is 0 Å². The van der Waals surface area contributed by atoms with E-state index in [0.29, 0.717) is 9.48 Å². The molecule has 0 amide bonds. The summed E-state index contributed by atoms with van der Waals surface area (Å²) < 4.78 is 4.38. The van der Waals surface area contributed by atoms with Crippen LogP contribution in [-0.4, -0.2) is 18.7 Å². The first kappa shape index (κ1) is 11.8. The van der Waals surface area contributed by atoms with E-state index in [1.165, 1.54) is 11.6 Å². The van der Waals surface area contributed by atoms with Gasteiger partial charge in [0, 0.05) is 36.7 Å². The Kier molecular flexibility index (Phi) is 2.78. The zero-order valence-corrected chi connectivity index (χ0v) is 11.3. The molecule has 88 valence electrons. The van der Waals surface area contributed by atoms with E-state index in [4.69, 9.17) is 5.26 Å². The lowest BCUT2D eigenvalue weighted by molar-refractivity contribution is 0.689. The summed E-state index contributed by atoms with van der Waals surface area (Å²) in [5, 5.41) is 8.73. The van der Waals surface area contributed by atoms with Gasteiger partial charge in [-0.05, 0) is 0 Å². The molecule has 17 heavy (non-hydrogen) atoms. The van der Waals surface area contributed by atoms with Crippen LogP contribution in [0, 0.1) is 15.2 Å². The maximum Gasteiger partial charge on any atom is 0.332 e. The highest BCUT2D eigenvalue weighted by atomic mass is 127. The second kappa shape index (κ2) is 3.99. The summed E-state index contributed by atoms with van der Waals surface area (Å²) >= 11 is 1.93. The van der Waals surface area contributed by atoms with Gasteiger partial charge in [-0.1, -0.05) is 0 Å². The molecule has 2 aromatic heterocycles. The van der Waals surface area contributed by atoms with E-state index >= 15 is 0 Å². The first-order valence-corrected chi connectivity index (χ1v) is 5.75. The van der Waals surface area contributed by atoms with Crippen molar-refractivity contribution < 1.29 is 0 Å². The lowest BCUT2D eigenvalue weighted by Gasteiger charge is -2.05. The quantitative estimate of drug-likeness (QED) is 0.518. The fraction of sp³-hybridized carbons (Fsp3) is 0.333. The highest BCUT2D eigenvalue weighted by Crippen LogP contribution is 2.12. The Morgan fingerprint density at radius 1 is 1.35 bits per heavy atom. The molecule has 0 aliphatic carbocycles. The molecule has 0 spiro atoms. The molecular weight excluding hydrogens is 337 g/mol. The van der Waals surface area contributed by atoms with Crippen LogP contribution in [0.5, 0.6) is 0 Å². The molecule has 0 aliphatic heterocycles. The second-order valence-corrected chi connectivity index (χ2v) is 4.47. The number of halogens is 1. The number of aryl methyl sites for hydroxylation is 1. The van der Waals surface area contributed by atoms with Crippen LogP contribution >= 0.6 is 22.6 Å². The van der Waals surface area contributed by atoms with E-state index in [1.807, 2.05) is 28.7 Å². The van der Waals surface area contributed by atoms with Crippen LogP contribution < -0.4 is 11.2 Å². The van der Waals surface area contributed by atoms with Gasteiger partial charge in [-0.15, -0.1) is 0 Å². The summed E-state index contributed by atoms with van der Waals surface area (Å²) in [4.78, 5) is 27.7. The third-order valence-electron chi connectivity index (χ3n) is 2.52. The molecule has 7 nitrogen and oxygen atoms in total. The summed E-state index contributed by atoms with van der Waals surface area (Å²) in [6, 6.07) is 1.98. The third kappa shape index (κ3) is 1.57. The molecule has 2 aromatic rings. The zero-order chi connectivity index (χ0) is 12.7. The Morgan fingerprint density at radius 3 is 2.59 bits per heavy atom. The molecule has 0 aliphatic rings. The molecule has 0 radical (unpaired) electrons. The Morgan fingerprint density at radius 2 is 2.00 bits per heavy atom. The summed E-state index contributed by atoms with van der Waals surface area (Å²) in [6.07, 6.45) is 0. The molecule has 0 unspecified atom stereocenters. The SMILES string of the molecule is Cn1c(=O)c2nc(I)n(CC#N)c2n(C)c1=O. The highest BCUT2D eigenvalue weighted by molar-refractivity contribution is 14.1. The van der Waals surface area contributed by atoms with Crippen LogP contribution in [0.15, 0.2) is 9.59 Å². The standard InChI is InChI=1S/C9H8IN5O2/c1-13-6-5(7(16)14(2)9(13)17)12-8(10)15(6)4-3-11/h4H2,1-2H3. The fourth-order valence-electron chi connectivity index (χ4n) is 1.67. The third-order valence-corrected chi connectivity index (χ3v) is 3.35. The van der Waals surface area contributed by atoms with Crippen molar-refractivity contribution in [2.75, 3.05) is 0 Å². The van der Waals surface area contributed by atoms with E-state index in [0.717, 1.165) is 4.57 Å². The Balaban J connectivity index is 3.09. The monoisotopic (exact) mass is 345 g/mol. The number of imidazole rings is 1. The highest BCUT2D eigenvalue weighted by Gasteiger charge is 2.16. The molecule has 0 atom stereocenters. The number of nitriles is 1. The summed E-state index contributed by atoms with van der Waals surface area (Å²) in [7, 11) is 2.95. The number of fused-ring (bicyclic) bond motifs is 1. The van der Waals surface area contributed by atoms with E-state index in [1.54, 1.807) is 11.6 Å². The van der Waals surface area contributed by atoms with Crippen molar-refractivity contribution in [2.45, 2.75) is 6.54 Å². The molecule has 0 fully saturated rings. The second-order valence-electron chi connectivity index (χ2n) is 3.50. The summed E-state index contributed by atoms with van der Waals surface area (Å²) in [5.41, 5.74) is -0.297. The molecule has 0 saturated heterocycles. The van der Waals surface area contributed by atoms with Crippen LogP contribution in [-0.2, 0) is 20.6 Å². The van der Waals surface area contributed by atoms with Crippen LogP contribution in [0.25, 0.3) is 11.2 Å². The maximum absolute atomic E-state index is 11.9. The molecule has 0 bridgehead atoms. The predicted octanol–water partition coefficient (Wildman–Crippen LogP) is -0.438. The van der Waals surface area contributed by atoms with Gasteiger partial charge >= 0.3 is 5.69 Å². The number of aromatic nitrogens is 4. The Hall–Kier alpha value is -1.63. The van der Waals surface area contributed by atoms with Crippen LogP contribution in [0.4, 0.5) is 0 Å². The molecular formula is C9H8IN5O2. The maximum atomic E-state index is 11.9. The summed E-state index contributed by atoms with van der Waals surface area (Å²) in [5.74, 6) is 0. The molecule has 0 saturated carbocycles. The topological polar surface area (TPSA) is 85.6 Å². The lowest BCUT2D eigenvalue weighted by atomic mass is 10.5. The first-order valence-electron chi connectivity index (χ1n) is 4.67. The van der Waals surface area contributed by atoms with Crippen molar-refractivity contribution >= 4 is 33.8 Å². The largest absolute Gasteiger partial charge is 0.332 e. The molecule has 0 N–H and O–H groups in total. The van der Waals surface area contributed by atoms with Crippen molar-refractivity contribution in [1.82, 2.24) is 18.7 Å². The number of hydrogen-bond donors (Lipinski definition) is 0. The van der Waals surface area contributed by atoms with Crippen LogP contribution in [0.2, 0.25) is 0 Å². The van der Waals surface area contributed by atoms with Gasteiger partial charge < -0.3 is 0 Å². The van der Waals surface area contributed by atoms with E-state index in [9.17, 15) is 9.59 Å². The molecule has 2 heterocycles. The van der Waals surface area contributed by atoms with Crippen molar-refractivity contribution in [1.29, 1.82) is 5.26 Å². The van der Waals surface area contributed by atoms with Crippen molar-refractivity contribution in [3.63, 3.8) is 0 Å². The van der Waals surface area contributed by atoms with Gasteiger partial charge in [-0.25, -0.2) is 9.78 Å². The van der Waals surface area contributed by atoms with Gasteiger partial charge in [-0.2, -0.15) is 5.26 Å². The Labute approximate surface area is 109 Å². The first-order chi connectivity index (χ1) is 7.99. The average molecular weight is 345 g/mol. The minimum Gasteiger partial charge on any atom is -0.291 e. The van der Waals surface area contributed by atoms with E-state index in [-0.39, 0.29) is 12.1 Å². The zero-order valence-electron chi connectivity index (χ0n) is 9.14. The van der Waals surface area contributed by atoms with Gasteiger partial charge in [0.25, 0.3) is 5.56 Å². The van der Waals surface area contributed by atoms with Crippen molar-refractivity contribution in [3.8, 4) is 6.07 Å². The number of rotatable bonds is 1. The van der Waals surface area contributed by atoms with Crippen molar-refractivity contribution in [2.24, 2.45) is 14.1 Å².